The minimum Gasteiger partial charge on any atom is -0.310 e. The Labute approximate surface area is 128 Å². The number of nitrogens with one attached hydrogen (secondary N) is 1. The van der Waals surface area contributed by atoms with Gasteiger partial charge in [0.05, 0.1) is 11.2 Å². The van der Waals surface area contributed by atoms with Crippen LogP contribution in [0.15, 0.2) is 36.4 Å². The van der Waals surface area contributed by atoms with E-state index in [-0.39, 0.29) is 0 Å². The number of aromatic nitrogens is 1. The highest BCUT2D eigenvalue weighted by Gasteiger charge is 2.12. The fraction of sp³-hybridized carbons (Fsp3) is 0.500. The summed E-state index contributed by atoms with van der Waals surface area (Å²) in [4.78, 5) is 7.01. The number of hydrogen-bond acceptors (Lipinski definition) is 3. The van der Waals surface area contributed by atoms with Gasteiger partial charge in [-0.15, -0.1) is 0 Å². The predicted molar refractivity (Wildman–Crippen MR) is 90.4 cm³/mol. The summed E-state index contributed by atoms with van der Waals surface area (Å²) in [6.07, 6.45) is 1.21. The van der Waals surface area contributed by atoms with E-state index in [0.29, 0.717) is 6.04 Å². The first-order valence-corrected chi connectivity index (χ1v) is 7.78. The van der Waals surface area contributed by atoms with E-state index in [4.69, 9.17) is 4.98 Å². The smallest absolute Gasteiger partial charge is 0.0705 e. The number of pyridine rings is 1. The Hall–Kier alpha value is -1.45. The van der Waals surface area contributed by atoms with Crippen LogP contribution in [0.5, 0.6) is 0 Å². The number of para-hydroxylation sites is 1. The first-order chi connectivity index (χ1) is 10.1. The zero-order chi connectivity index (χ0) is 15.2. The van der Waals surface area contributed by atoms with Crippen LogP contribution in [0.3, 0.4) is 0 Å². The van der Waals surface area contributed by atoms with Crippen molar-refractivity contribution in [3.8, 4) is 0 Å². The van der Waals surface area contributed by atoms with Gasteiger partial charge in [0.2, 0.25) is 0 Å². The topological polar surface area (TPSA) is 28.2 Å². The van der Waals surface area contributed by atoms with Crippen molar-refractivity contribution in [3.63, 3.8) is 0 Å². The summed E-state index contributed by atoms with van der Waals surface area (Å²) in [6, 6.07) is 13.1. The molecule has 114 valence electrons. The summed E-state index contributed by atoms with van der Waals surface area (Å²) in [5.74, 6) is 0.720. The van der Waals surface area contributed by atoms with Crippen LogP contribution in [0.4, 0.5) is 0 Å². The highest BCUT2D eigenvalue weighted by Crippen LogP contribution is 2.12. The minimum atomic E-state index is 0.574. The van der Waals surface area contributed by atoms with Gasteiger partial charge in [0.15, 0.2) is 0 Å². The molecule has 0 saturated heterocycles. The van der Waals surface area contributed by atoms with E-state index < -0.39 is 0 Å². The molecule has 0 fully saturated rings. The molecule has 1 heterocycles. The van der Waals surface area contributed by atoms with Gasteiger partial charge in [0, 0.05) is 24.5 Å². The van der Waals surface area contributed by atoms with Crippen LogP contribution in [0.25, 0.3) is 10.9 Å². The van der Waals surface area contributed by atoms with Gasteiger partial charge in [0.25, 0.3) is 0 Å². The molecule has 1 unspecified atom stereocenters. The van der Waals surface area contributed by atoms with Gasteiger partial charge >= 0.3 is 0 Å². The molecule has 0 aliphatic rings. The molecular weight excluding hydrogens is 258 g/mol. The second-order valence-corrected chi connectivity index (χ2v) is 6.37. The Morgan fingerprint density at radius 3 is 2.57 bits per heavy atom. The Kier molecular flexibility index (Phi) is 5.71. The molecule has 3 nitrogen and oxygen atoms in total. The lowest BCUT2D eigenvalue weighted by atomic mass is 10.0. The second-order valence-electron chi connectivity index (χ2n) is 6.37. The first kappa shape index (κ1) is 15.9. The molecule has 0 radical (unpaired) electrons. The summed E-state index contributed by atoms with van der Waals surface area (Å²) in [6.45, 7) is 6.38. The minimum absolute atomic E-state index is 0.574. The second kappa shape index (κ2) is 7.53. The maximum absolute atomic E-state index is 4.70. The Balaban J connectivity index is 1.91. The predicted octanol–water partition coefficient (Wildman–Crippen LogP) is 3.30. The largest absolute Gasteiger partial charge is 0.310 e. The molecule has 1 aromatic heterocycles. The summed E-state index contributed by atoms with van der Waals surface area (Å²) in [7, 11) is 4.31. The van der Waals surface area contributed by atoms with Crippen molar-refractivity contribution in [1.29, 1.82) is 0 Å². The average molecular weight is 285 g/mol. The standard InChI is InChI=1S/C18H27N3/c1-14(2)11-17(21(3)4)13-19-12-16-10-9-15-7-5-6-8-18(15)20-16/h5-10,14,17,19H,11-13H2,1-4H3. The monoisotopic (exact) mass is 285 g/mol. The molecule has 0 aliphatic carbocycles. The van der Waals surface area contributed by atoms with E-state index in [1.807, 2.05) is 6.07 Å². The van der Waals surface area contributed by atoms with Crippen LogP contribution < -0.4 is 5.32 Å². The van der Waals surface area contributed by atoms with Crippen molar-refractivity contribution in [1.82, 2.24) is 15.2 Å². The fourth-order valence-electron chi connectivity index (χ4n) is 2.59. The molecule has 0 aliphatic heterocycles. The SMILES string of the molecule is CC(C)CC(CNCc1ccc2ccccc2n1)N(C)C. The maximum atomic E-state index is 4.70. The van der Waals surface area contributed by atoms with Crippen molar-refractivity contribution >= 4 is 10.9 Å². The molecule has 0 bridgehead atoms. The van der Waals surface area contributed by atoms with Crippen molar-refractivity contribution < 1.29 is 0 Å². The number of benzene rings is 1. The molecule has 0 spiro atoms. The zero-order valence-corrected chi connectivity index (χ0v) is 13.6. The molecule has 1 aromatic carbocycles. The lowest BCUT2D eigenvalue weighted by molar-refractivity contribution is 0.246. The van der Waals surface area contributed by atoms with Gasteiger partial charge in [0.1, 0.15) is 0 Å². The molecule has 1 N–H and O–H groups in total. The van der Waals surface area contributed by atoms with E-state index in [1.54, 1.807) is 0 Å². The van der Waals surface area contributed by atoms with Crippen LogP contribution in [-0.4, -0.2) is 36.6 Å². The van der Waals surface area contributed by atoms with Crippen molar-refractivity contribution in [3.05, 3.63) is 42.1 Å². The summed E-state index contributed by atoms with van der Waals surface area (Å²) < 4.78 is 0. The Morgan fingerprint density at radius 1 is 1.10 bits per heavy atom. The van der Waals surface area contributed by atoms with Crippen molar-refractivity contribution in [2.45, 2.75) is 32.9 Å². The van der Waals surface area contributed by atoms with Gasteiger partial charge in [-0.1, -0.05) is 38.1 Å². The normalized spacial score (nSPS) is 13.2. The van der Waals surface area contributed by atoms with Crippen LogP contribution in [-0.2, 0) is 6.54 Å². The maximum Gasteiger partial charge on any atom is 0.0705 e. The van der Waals surface area contributed by atoms with Crippen molar-refractivity contribution in [2.75, 3.05) is 20.6 Å². The third-order valence-electron chi connectivity index (χ3n) is 3.82. The molecule has 2 aromatic rings. The Bertz CT molecular complexity index is 563. The lowest BCUT2D eigenvalue weighted by Crippen LogP contribution is -2.38. The average Bonchev–Trinajstić information content (AvgIpc) is 2.45. The number of rotatable bonds is 7. The summed E-state index contributed by atoms with van der Waals surface area (Å²) in [5.41, 5.74) is 2.18. The highest BCUT2D eigenvalue weighted by molar-refractivity contribution is 5.78. The third-order valence-corrected chi connectivity index (χ3v) is 3.82. The Morgan fingerprint density at radius 2 is 1.86 bits per heavy atom. The molecule has 2 rings (SSSR count). The molecule has 21 heavy (non-hydrogen) atoms. The van der Waals surface area contributed by atoms with Crippen LogP contribution in [0.2, 0.25) is 0 Å². The van der Waals surface area contributed by atoms with Gasteiger partial charge in [-0.2, -0.15) is 0 Å². The number of hydrogen-bond donors (Lipinski definition) is 1. The highest BCUT2D eigenvalue weighted by atomic mass is 15.1. The number of nitrogens with zero attached hydrogens (tertiary/aromatic N) is 2. The third kappa shape index (κ3) is 4.80. The van der Waals surface area contributed by atoms with Gasteiger partial charge < -0.3 is 10.2 Å². The summed E-state index contributed by atoms with van der Waals surface area (Å²) >= 11 is 0. The zero-order valence-electron chi connectivity index (χ0n) is 13.6. The van der Waals surface area contributed by atoms with Gasteiger partial charge in [-0.25, -0.2) is 0 Å². The van der Waals surface area contributed by atoms with Gasteiger partial charge in [-0.3, -0.25) is 4.98 Å². The molecule has 0 saturated carbocycles. The molecular formula is C18H27N3. The van der Waals surface area contributed by atoms with Crippen LogP contribution in [0, 0.1) is 5.92 Å². The van der Waals surface area contributed by atoms with E-state index in [2.05, 4.69) is 68.5 Å². The van der Waals surface area contributed by atoms with Gasteiger partial charge in [-0.05, 0) is 38.6 Å². The van der Waals surface area contributed by atoms with Crippen LogP contribution >= 0.6 is 0 Å². The van der Waals surface area contributed by atoms with E-state index >= 15 is 0 Å². The number of fused-ring (bicyclic) bond motifs is 1. The molecule has 0 amide bonds. The first-order valence-electron chi connectivity index (χ1n) is 7.78. The van der Waals surface area contributed by atoms with E-state index in [1.165, 1.54) is 11.8 Å². The lowest BCUT2D eigenvalue weighted by Gasteiger charge is -2.26. The van der Waals surface area contributed by atoms with E-state index in [0.717, 1.165) is 30.2 Å². The molecule has 1 atom stereocenters. The van der Waals surface area contributed by atoms with E-state index in [9.17, 15) is 0 Å². The molecule has 3 heteroatoms. The van der Waals surface area contributed by atoms with Crippen molar-refractivity contribution in [2.24, 2.45) is 5.92 Å². The fourth-order valence-corrected chi connectivity index (χ4v) is 2.59. The quantitative estimate of drug-likeness (QED) is 0.846. The van der Waals surface area contributed by atoms with Crippen LogP contribution in [0.1, 0.15) is 26.0 Å². The summed E-state index contributed by atoms with van der Waals surface area (Å²) in [5, 5.41) is 4.75. The number of likely N-dealkylation sites (N-methyl/N-ethyl adjacent to an activating group) is 1.